The zero-order valence-corrected chi connectivity index (χ0v) is 15.1. The number of rotatable bonds is 6. The lowest BCUT2D eigenvalue weighted by molar-refractivity contribution is 0.384. The fraction of sp³-hybridized carbons (Fsp3) is 0.429. The Bertz CT molecular complexity index is 609. The summed E-state index contributed by atoms with van der Waals surface area (Å²) >= 11 is 0. The Hall–Kier alpha value is -1.80. The lowest BCUT2D eigenvalue weighted by Crippen LogP contribution is -2.40. The van der Waals surface area contributed by atoms with Crippen LogP contribution in [-0.4, -0.2) is 11.1 Å². The van der Waals surface area contributed by atoms with E-state index < -0.39 is 0 Å². The normalized spacial score (nSPS) is 12.2. The van der Waals surface area contributed by atoms with Crippen LogP contribution in [0.5, 0.6) is 0 Å². The minimum atomic E-state index is 0.0518. The molecule has 0 unspecified atom stereocenters. The first-order chi connectivity index (χ1) is 10.7. The molecule has 2 N–H and O–H groups in total. The first-order valence-electron chi connectivity index (χ1n) is 8.40. The molecular formula is C21H30N2. The van der Waals surface area contributed by atoms with Gasteiger partial charge >= 0.3 is 0 Å². The van der Waals surface area contributed by atoms with Gasteiger partial charge in [-0.15, -0.1) is 0 Å². The highest BCUT2D eigenvalue weighted by molar-refractivity contribution is 5.47. The Kier molecular flexibility index (Phi) is 5.48. The van der Waals surface area contributed by atoms with E-state index in [4.69, 9.17) is 0 Å². The monoisotopic (exact) mass is 310 g/mol. The summed E-state index contributed by atoms with van der Waals surface area (Å²) in [6.07, 6.45) is 1.000. The van der Waals surface area contributed by atoms with Crippen LogP contribution < -0.4 is 10.6 Å². The second kappa shape index (κ2) is 7.18. The molecule has 0 atom stereocenters. The molecule has 0 amide bonds. The minimum absolute atomic E-state index is 0.0518. The molecule has 0 saturated carbocycles. The molecule has 0 heterocycles. The fourth-order valence-corrected chi connectivity index (χ4v) is 2.70. The van der Waals surface area contributed by atoms with Crippen LogP contribution in [-0.2, 0) is 13.0 Å². The van der Waals surface area contributed by atoms with Gasteiger partial charge in [0.1, 0.15) is 0 Å². The second-order valence-corrected chi connectivity index (χ2v) is 7.98. The summed E-state index contributed by atoms with van der Waals surface area (Å²) in [6, 6.07) is 19.3. The van der Waals surface area contributed by atoms with Crippen molar-refractivity contribution in [2.24, 2.45) is 0 Å². The van der Waals surface area contributed by atoms with Gasteiger partial charge in [-0.2, -0.15) is 0 Å². The van der Waals surface area contributed by atoms with Crippen molar-refractivity contribution in [3.63, 3.8) is 0 Å². The molecule has 0 fully saturated rings. The Labute approximate surface area is 141 Å². The van der Waals surface area contributed by atoms with Crippen molar-refractivity contribution in [1.82, 2.24) is 5.32 Å². The quantitative estimate of drug-likeness (QED) is 0.784. The first kappa shape index (κ1) is 17.6. The van der Waals surface area contributed by atoms with Crippen LogP contribution in [0.1, 0.15) is 45.7 Å². The average molecular weight is 310 g/mol. The van der Waals surface area contributed by atoms with Gasteiger partial charge in [-0.3, -0.25) is 0 Å². The summed E-state index contributed by atoms with van der Waals surface area (Å²) in [5, 5.41) is 7.22. The maximum absolute atomic E-state index is 3.67. The maximum Gasteiger partial charge on any atom is 0.0346 e. The van der Waals surface area contributed by atoms with Crippen LogP contribution in [0.3, 0.4) is 0 Å². The SMILES string of the molecule is CC(C)(C)Nc1cccc(CC(C)(C)NCc2ccccc2)c1. The summed E-state index contributed by atoms with van der Waals surface area (Å²) < 4.78 is 0. The Morgan fingerprint density at radius 1 is 0.783 bits per heavy atom. The molecule has 0 spiro atoms. The number of hydrogen-bond acceptors (Lipinski definition) is 2. The van der Waals surface area contributed by atoms with Crippen molar-refractivity contribution in [2.45, 2.75) is 58.7 Å². The molecule has 2 aromatic carbocycles. The molecule has 0 aliphatic carbocycles. The van der Waals surface area contributed by atoms with Crippen molar-refractivity contribution in [3.05, 3.63) is 65.7 Å². The van der Waals surface area contributed by atoms with Gasteiger partial charge in [0.05, 0.1) is 0 Å². The first-order valence-corrected chi connectivity index (χ1v) is 8.40. The fourth-order valence-electron chi connectivity index (χ4n) is 2.70. The van der Waals surface area contributed by atoms with Crippen molar-refractivity contribution >= 4 is 5.69 Å². The number of anilines is 1. The van der Waals surface area contributed by atoms with Crippen LogP contribution in [0.4, 0.5) is 5.69 Å². The van der Waals surface area contributed by atoms with E-state index in [-0.39, 0.29) is 11.1 Å². The van der Waals surface area contributed by atoms with Crippen molar-refractivity contribution < 1.29 is 0 Å². The summed E-state index contributed by atoms with van der Waals surface area (Å²) in [6.45, 7) is 12.0. The maximum atomic E-state index is 3.67. The third kappa shape index (κ3) is 6.45. The highest BCUT2D eigenvalue weighted by atomic mass is 15.0. The summed E-state index contributed by atoms with van der Waals surface area (Å²) in [4.78, 5) is 0. The minimum Gasteiger partial charge on any atom is -0.380 e. The van der Waals surface area contributed by atoms with Crippen LogP contribution >= 0.6 is 0 Å². The zero-order chi connectivity index (χ0) is 16.9. The van der Waals surface area contributed by atoms with E-state index in [0.717, 1.165) is 13.0 Å². The van der Waals surface area contributed by atoms with Gasteiger partial charge in [-0.05, 0) is 64.3 Å². The third-order valence-electron chi connectivity index (χ3n) is 3.71. The van der Waals surface area contributed by atoms with Gasteiger partial charge in [0.15, 0.2) is 0 Å². The van der Waals surface area contributed by atoms with Crippen molar-refractivity contribution in [2.75, 3.05) is 5.32 Å². The topological polar surface area (TPSA) is 24.1 Å². The number of benzene rings is 2. The highest BCUT2D eigenvalue weighted by Gasteiger charge is 2.18. The largest absolute Gasteiger partial charge is 0.380 e. The molecule has 0 bridgehead atoms. The highest BCUT2D eigenvalue weighted by Crippen LogP contribution is 2.20. The lowest BCUT2D eigenvalue weighted by atomic mass is 9.94. The molecule has 2 aromatic rings. The Morgan fingerprint density at radius 3 is 2.09 bits per heavy atom. The summed E-state index contributed by atoms with van der Waals surface area (Å²) in [5.74, 6) is 0. The van der Waals surface area contributed by atoms with Crippen LogP contribution in [0.2, 0.25) is 0 Å². The second-order valence-electron chi connectivity index (χ2n) is 7.98. The van der Waals surface area contributed by atoms with E-state index >= 15 is 0 Å². The van der Waals surface area contributed by atoms with Gasteiger partial charge < -0.3 is 10.6 Å². The van der Waals surface area contributed by atoms with E-state index in [2.05, 4.69) is 99.8 Å². The van der Waals surface area contributed by atoms with Crippen LogP contribution in [0.25, 0.3) is 0 Å². The van der Waals surface area contributed by atoms with E-state index in [1.807, 2.05) is 0 Å². The lowest BCUT2D eigenvalue weighted by Gasteiger charge is -2.28. The molecular weight excluding hydrogens is 280 g/mol. The van der Waals surface area contributed by atoms with Crippen molar-refractivity contribution in [3.8, 4) is 0 Å². The van der Waals surface area contributed by atoms with Gasteiger partial charge in [0.25, 0.3) is 0 Å². The van der Waals surface area contributed by atoms with Gasteiger partial charge in [0.2, 0.25) is 0 Å². The average Bonchev–Trinajstić information content (AvgIpc) is 2.44. The Morgan fingerprint density at radius 2 is 1.43 bits per heavy atom. The number of hydrogen-bond donors (Lipinski definition) is 2. The molecule has 124 valence electrons. The van der Waals surface area contributed by atoms with E-state index in [0.29, 0.717) is 0 Å². The number of nitrogens with one attached hydrogen (secondary N) is 2. The van der Waals surface area contributed by atoms with E-state index in [1.54, 1.807) is 0 Å². The predicted octanol–water partition coefficient (Wildman–Crippen LogP) is 5.01. The van der Waals surface area contributed by atoms with Gasteiger partial charge in [0, 0.05) is 23.3 Å². The summed E-state index contributed by atoms with van der Waals surface area (Å²) in [7, 11) is 0. The van der Waals surface area contributed by atoms with Gasteiger partial charge in [-0.1, -0.05) is 42.5 Å². The zero-order valence-electron chi connectivity index (χ0n) is 15.1. The van der Waals surface area contributed by atoms with Crippen LogP contribution in [0, 0.1) is 0 Å². The Balaban J connectivity index is 1.98. The van der Waals surface area contributed by atoms with Gasteiger partial charge in [-0.25, -0.2) is 0 Å². The predicted molar refractivity (Wildman–Crippen MR) is 101 cm³/mol. The standard InChI is InChI=1S/C21H30N2/c1-20(2,3)23-19-13-9-12-18(14-19)15-21(4,5)22-16-17-10-7-6-8-11-17/h6-14,22-23H,15-16H2,1-5H3. The molecule has 23 heavy (non-hydrogen) atoms. The molecule has 2 rings (SSSR count). The molecule has 2 nitrogen and oxygen atoms in total. The molecule has 0 aliphatic heterocycles. The van der Waals surface area contributed by atoms with E-state index in [1.165, 1.54) is 16.8 Å². The van der Waals surface area contributed by atoms with Crippen LogP contribution in [0.15, 0.2) is 54.6 Å². The van der Waals surface area contributed by atoms with Crippen molar-refractivity contribution in [1.29, 1.82) is 0 Å². The molecule has 0 saturated heterocycles. The molecule has 0 aromatic heterocycles. The molecule has 0 aliphatic rings. The smallest absolute Gasteiger partial charge is 0.0346 e. The molecule has 0 radical (unpaired) electrons. The third-order valence-corrected chi connectivity index (χ3v) is 3.71. The van der Waals surface area contributed by atoms with E-state index in [9.17, 15) is 0 Å². The summed E-state index contributed by atoms with van der Waals surface area (Å²) in [5.41, 5.74) is 4.00. The molecule has 2 heteroatoms.